The van der Waals surface area contributed by atoms with Crippen molar-refractivity contribution in [3.8, 4) is 0 Å². The number of aromatic nitrogens is 1. The molecule has 7 N–H and O–H groups in total. The highest BCUT2D eigenvalue weighted by Gasteiger charge is 3.10. The number of H-pyrrole nitrogens is 1. The fourth-order valence-electron chi connectivity index (χ4n) is 10.8. The summed E-state index contributed by atoms with van der Waals surface area (Å²) >= 11 is 0. The van der Waals surface area contributed by atoms with Crippen LogP contribution in [0.3, 0.4) is 0 Å². The zero-order chi connectivity index (χ0) is 35.6. The Kier molecular flexibility index (Phi) is 7.11. The molecule has 1 spiro atoms. The highest BCUT2D eigenvalue weighted by atomic mass is 16.7. The number of aliphatic hydroxyl groups is 5. The standard InChI is InChI=1S/C35H44N2O12/c1-19(2)32(43)26(48-25(39)22-12-9-15-36-22)33(44)28(4)18-31(42)29(32,5)35(33,45)34(49-31)24(20(3)13-14-30(28,34)41)47-23(38)16-37-27(40)46-17-21-10-7-6-8-11-21/h6-12,15,19-20,24,26,36,41-45H,13-14,16-18H2,1-5H3,(H,37,40)/t20?,24-,26-,28+,29?,30?,31?,32?,33?,34?,35?/m1/s1. The van der Waals surface area contributed by atoms with Gasteiger partial charge in [-0.3, -0.25) is 4.79 Å². The summed E-state index contributed by atoms with van der Waals surface area (Å²) in [6.45, 7) is 7.02. The normalized spacial score (nSPS) is 45.7. The molecule has 4 aliphatic carbocycles. The molecule has 1 amide bonds. The highest BCUT2D eigenvalue weighted by Crippen LogP contribution is 2.90. The first-order valence-corrected chi connectivity index (χ1v) is 16.7. The summed E-state index contributed by atoms with van der Waals surface area (Å²) in [6.07, 6.45) is -3.08. The Morgan fingerprint density at radius 2 is 1.71 bits per heavy atom. The predicted molar refractivity (Wildman–Crippen MR) is 167 cm³/mol. The topological polar surface area (TPSA) is 217 Å². The predicted octanol–water partition coefficient (Wildman–Crippen LogP) is 1.29. The van der Waals surface area contributed by atoms with Crippen LogP contribution in [-0.2, 0) is 30.3 Å². The Morgan fingerprint density at radius 3 is 2.35 bits per heavy atom. The lowest BCUT2D eigenvalue weighted by Gasteiger charge is -2.60. The second-order valence-electron chi connectivity index (χ2n) is 15.3. The molecule has 4 saturated carbocycles. The van der Waals surface area contributed by atoms with Gasteiger partial charge in [-0.1, -0.05) is 58.0 Å². The van der Waals surface area contributed by atoms with Crippen molar-refractivity contribution >= 4 is 18.0 Å². The van der Waals surface area contributed by atoms with E-state index in [2.05, 4.69) is 10.3 Å². The maximum Gasteiger partial charge on any atom is 0.407 e. The Hall–Kier alpha value is -3.53. The second kappa shape index (κ2) is 10.3. The van der Waals surface area contributed by atoms with Crippen LogP contribution in [0, 0.1) is 22.7 Å². The van der Waals surface area contributed by atoms with Crippen LogP contribution in [0.1, 0.15) is 69.9 Å². The van der Waals surface area contributed by atoms with E-state index in [9.17, 15) is 39.9 Å². The van der Waals surface area contributed by atoms with Crippen LogP contribution in [0.25, 0.3) is 0 Å². The van der Waals surface area contributed by atoms with Gasteiger partial charge in [0, 0.05) is 18.0 Å². The first-order chi connectivity index (χ1) is 22.9. The molecule has 6 bridgehead atoms. The lowest BCUT2D eigenvalue weighted by Crippen LogP contribution is -2.76. The van der Waals surface area contributed by atoms with Crippen molar-refractivity contribution in [3.63, 3.8) is 0 Å². The van der Waals surface area contributed by atoms with Gasteiger partial charge in [0.15, 0.2) is 17.5 Å². The van der Waals surface area contributed by atoms with Crippen molar-refractivity contribution in [3.05, 3.63) is 59.9 Å². The van der Waals surface area contributed by atoms with Gasteiger partial charge in [-0.05, 0) is 49.3 Å². The van der Waals surface area contributed by atoms with Crippen molar-refractivity contribution < 1.29 is 58.9 Å². The minimum absolute atomic E-state index is 0.00966. The molecular formula is C35H44N2O12. The zero-order valence-corrected chi connectivity index (χ0v) is 28.1. The number of alkyl carbamates (subject to hydrolysis) is 1. The third kappa shape index (κ3) is 3.50. The molecule has 49 heavy (non-hydrogen) atoms. The van der Waals surface area contributed by atoms with Gasteiger partial charge >= 0.3 is 18.0 Å². The van der Waals surface area contributed by atoms with Crippen LogP contribution in [-0.4, -0.2) is 101 Å². The quantitative estimate of drug-likeness (QED) is 0.155. The van der Waals surface area contributed by atoms with E-state index in [1.807, 2.05) is 6.07 Å². The van der Waals surface area contributed by atoms with Crippen molar-refractivity contribution in [1.29, 1.82) is 0 Å². The summed E-state index contributed by atoms with van der Waals surface area (Å²) < 4.78 is 23.6. The maximum atomic E-state index is 13.5. The number of benzene rings is 1. The van der Waals surface area contributed by atoms with Crippen molar-refractivity contribution in [2.75, 3.05) is 6.54 Å². The molecule has 14 heteroatoms. The fraction of sp³-hybridized carbons (Fsp3) is 0.629. The first-order valence-electron chi connectivity index (χ1n) is 16.7. The summed E-state index contributed by atoms with van der Waals surface area (Å²) in [4.78, 5) is 42.1. The number of nitrogens with one attached hydrogen (secondary N) is 2. The molecular weight excluding hydrogens is 640 g/mol. The van der Waals surface area contributed by atoms with Crippen molar-refractivity contribution in [1.82, 2.24) is 10.3 Å². The Labute approximate surface area is 282 Å². The van der Waals surface area contributed by atoms with Crippen molar-refractivity contribution in [2.24, 2.45) is 22.7 Å². The highest BCUT2D eigenvalue weighted by molar-refractivity contribution is 5.87. The van der Waals surface area contributed by atoms with Gasteiger partial charge in [0.1, 0.15) is 47.4 Å². The van der Waals surface area contributed by atoms with Gasteiger partial charge < -0.3 is 54.8 Å². The summed E-state index contributed by atoms with van der Waals surface area (Å²) in [5.74, 6) is -5.82. The second-order valence-corrected chi connectivity index (χ2v) is 15.3. The van der Waals surface area contributed by atoms with Crippen LogP contribution in [0.2, 0.25) is 0 Å². The third-order valence-electron chi connectivity index (χ3n) is 13.1. The smallest absolute Gasteiger partial charge is 0.407 e. The molecule has 6 aliphatic rings. The number of rotatable bonds is 8. The van der Waals surface area contributed by atoms with Crippen LogP contribution in [0.15, 0.2) is 48.7 Å². The Balaban J connectivity index is 1.28. The molecule has 0 radical (unpaired) electrons. The number of ether oxygens (including phenoxy) is 4. The van der Waals surface area contributed by atoms with Crippen LogP contribution < -0.4 is 5.32 Å². The lowest BCUT2D eigenvalue weighted by atomic mass is 9.52. The van der Waals surface area contributed by atoms with Gasteiger partial charge in [0.05, 0.1) is 5.41 Å². The average Bonchev–Trinajstić information content (AvgIpc) is 3.69. The van der Waals surface area contributed by atoms with Crippen LogP contribution >= 0.6 is 0 Å². The van der Waals surface area contributed by atoms with Gasteiger partial charge in [-0.2, -0.15) is 0 Å². The van der Waals surface area contributed by atoms with E-state index in [0.717, 1.165) is 5.56 Å². The largest absolute Gasteiger partial charge is 0.457 e. The van der Waals surface area contributed by atoms with E-state index in [0.29, 0.717) is 0 Å². The minimum Gasteiger partial charge on any atom is -0.457 e. The Bertz CT molecular complexity index is 1690. The minimum atomic E-state index is -2.77. The van der Waals surface area contributed by atoms with Gasteiger partial charge in [-0.15, -0.1) is 0 Å². The molecule has 266 valence electrons. The maximum absolute atomic E-state index is 13.5. The van der Waals surface area contributed by atoms with E-state index in [1.165, 1.54) is 26.1 Å². The number of esters is 2. The van der Waals surface area contributed by atoms with E-state index >= 15 is 0 Å². The Morgan fingerprint density at radius 1 is 1.02 bits per heavy atom. The van der Waals surface area contributed by atoms with Crippen molar-refractivity contribution in [2.45, 2.75) is 106 Å². The fourth-order valence-corrected chi connectivity index (χ4v) is 10.8. The van der Waals surface area contributed by atoms with E-state index in [1.54, 1.807) is 51.1 Å². The molecule has 8 unspecified atom stereocenters. The molecule has 2 aliphatic heterocycles. The van der Waals surface area contributed by atoms with E-state index in [-0.39, 0.29) is 25.1 Å². The summed E-state index contributed by atoms with van der Waals surface area (Å²) in [7, 11) is 0. The van der Waals surface area contributed by atoms with E-state index in [4.69, 9.17) is 18.9 Å². The molecule has 3 heterocycles. The van der Waals surface area contributed by atoms with Gasteiger partial charge in [-0.25, -0.2) is 9.59 Å². The summed E-state index contributed by atoms with van der Waals surface area (Å²) in [5, 5.41) is 67.2. The van der Waals surface area contributed by atoms with Gasteiger partial charge in [0.25, 0.3) is 0 Å². The SMILES string of the molecule is CC1CCC2(O)C3(OC4(O)C[C@]2(C)C2(O)[C@H](OC(=O)c5ccc[nH]5)C(O)(C(C)C)C4(C)C32O)[C@@H]1OC(=O)CNC(=O)OCc1ccccc1. The van der Waals surface area contributed by atoms with E-state index < -0.39 is 99.7 Å². The zero-order valence-electron chi connectivity index (χ0n) is 28.1. The first kappa shape index (κ1) is 33.9. The molecule has 2 aromatic rings. The number of hydrogen-bond donors (Lipinski definition) is 7. The third-order valence-corrected chi connectivity index (χ3v) is 13.1. The van der Waals surface area contributed by atoms with Crippen LogP contribution in [0.5, 0.6) is 0 Å². The lowest BCUT2D eigenvalue weighted by molar-refractivity contribution is -0.390. The number of aromatic amines is 1. The average molecular weight is 685 g/mol. The molecule has 8 rings (SSSR count). The molecule has 6 fully saturated rings. The molecule has 2 saturated heterocycles. The number of carbonyl (C=O) groups excluding carboxylic acids is 3. The molecule has 14 nitrogen and oxygen atoms in total. The number of carbonyl (C=O) groups is 3. The number of hydrogen-bond acceptors (Lipinski definition) is 12. The monoisotopic (exact) mass is 684 g/mol. The number of amides is 1. The summed E-state index contributed by atoms with van der Waals surface area (Å²) in [6, 6.07) is 11.9. The van der Waals surface area contributed by atoms with Gasteiger partial charge in [0.2, 0.25) is 0 Å². The molecule has 11 atom stereocenters. The van der Waals surface area contributed by atoms with Crippen LogP contribution in [0.4, 0.5) is 4.79 Å². The molecule has 1 aromatic heterocycles. The molecule has 1 aromatic carbocycles. The summed E-state index contributed by atoms with van der Waals surface area (Å²) in [5.41, 5.74) is -15.7.